The normalized spacial score (nSPS) is 12.7. The minimum Gasteiger partial charge on any atom is -0.313 e. The van der Waals surface area contributed by atoms with Gasteiger partial charge in [0, 0.05) is 17.2 Å². The van der Waals surface area contributed by atoms with Gasteiger partial charge >= 0.3 is 0 Å². The van der Waals surface area contributed by atoms with Crippen LogP contribution < -0.4 is 5.32 Å². The summed E-state index contributed by atoms with van der Waals surface area (Å²) in [7, 11) is 0. The van der Waals surface area contributed by atoms with Crippen molar-refractivity contribution in [2.45, 2.75) is 38.6 Å². The summed E-state index contributed by atoms with van der Waals surface area (Å²) in [5, 5.41) is 4.24. The number of rotatable bonds is 7. The molecule has 1 rings (SSSR count). The average molecular weight is 272 g/mol. The SMILES string of the molecule is CCNCc1cccc(Cl)c1SCC(C)CC. The maximum atomic E-state index is 6.29. The molecule has 0 aliphatic heterocycles. The highest BCUT2D eigenvalue weighted by Crippen LogP contribution is 2.32. The van der Waals surface area contributed by atoms with E-state index in [-0.39, 0.29) is 0 Å². The Morgan fingerprint density at radius 1 is 1.35 bits per heavy atom. The Bertz CT molecular complexity index is 341. The van der Waals surface area contributed by atoms with Crippen molar-refractivity contribution in [2.75, 3.05) is 12.3 Å². The molecule has 0 radical (unpaired) electrons. The molecule has 0 aliphatic carbocycles. The highest BCUT2D eigenvalue weighted by atomic mass is 35.5. The van der Waals surface area contributed by atoms with Gasteiger partial charge in [-0.2, -0.15) is 0 Å². The van der Waals surface area contributed by atoms with E-state index in [2.05, 4.69) is 32.2 Å². The van der Waals surface area contributed by atoms with Crippen LogP contribution in [-0.4, -0.2) is 12.3 Å². The Kier molecular flexibility index (Phi) is 7.02. The van der Waals surface area contributed by atoms with Crippen molar-refractivity contribution in [3.63, 3.8) is 0 Å². The van der Waals surface area contributed by atoms with Crippen molar-refractivity contribution in [2.24, 2.45) is 5.92 Å². The van der Waals surface area contributed by atoms with E-state index in [0.29, 0.717) is 0 Å². The summed E-state index contributed by atoms with van der Waals surface area (Å²) in [4.78, 5) is 1.25. The van der Waals surface area contributed by atoms with Crippen LogP contribution in [0.3, 0.4) is 0 Å². The van der Waals surface area contributed by atoms with Crippen molar-refractivity contribution >= 4 is 23.4 Å². The average Bonchev–Trinajstić information content (AvgIpc) is 2.34. The van der Waals surface area contributed by atoms with Crippen LogP contribution in [0, 0.1) is 5.92 Å². The summed E-state index contributed by atoms with van der Waals surface area (Å²) in [6, 6.07) is 6.17. The number of nitrogens with one attached hydrogen (secondary N) is 1. The predicted octanol–water partition coefficient (Wildman–Crippen LogP) is 4.59. The van der Waals surface area contributed by atoms with Gasteiger partial charge in [-0.3, -0.25) is 0 Å². The van der Waals surface area contributed by atoms with Crippen LogP contribution in [0.15, 0.2) is 23.1 Å². The Morgan fingerprint density at radius 2 is 2.12 bits per heavy atom. The van der Waals surface area contributed by atoms with Crippen LogP contribution in [0.25, 0.3) is 0 Å². The summed E-state index contributed by atoms with van der Waals surface area (Å²) in [5.41, 5.74) is 1.31. The Hall–Kier alpha value is -0.180. The van der Waals surface area contributed by atoms with E-state index in [9.17, 15) is 0 Å². The first kappa shape index (κ1) is 14.9. The molecular formula is C14H22ClNS. The Morgan fingerprint density at radius 3 is 2.76 bits per heavy atom. The topological polar surface area (TPSA) is 12.0 Å². The standard InChI is InChI=1S/C14H22ClNS/c1-4-11(3)10-17-14-12(9-16-5-2)7-6-8-13(14)15/h6-8,11,16H,4-5,9-10H2,1-3H3. The van der Waals surface area contributed by atoms with Gasteiger partial charge in [-0.05, 0) is 24.1 Å². The number of hydrogen-bond donors (Lipinski definition) is 1. The summed E-state index contributed by atoms with van der Waals surface area (Å²) in [5.74, 6) is 1.88. The molecule has 17 heavy (non-hydrogen) atoms. The monoisotopic (exact) mass is 271 g/mol. The molecule has 0 amide bonds. The molecule has 3 heteroatoms. The highest BCUT2D eigenvalue weighted by molar-refractivity contribution is 7.99. The fourth-order valence-corrected chi connectivity index (χ4v) is 3.03. The lowest BCUT2D eigenvalue weighted by atomic mass is 10.2. The fourth-order valence-electron chi connectivity index (χ4n) is 1.46. The number of halogens is 1. The van der Waals surface area contributed by atoms with Gasteiger partial charge in [0.05, 0.1) is 5.02 Å². The number of hydrogen-bond acceptors (Lipinski definition) is 2. The van der Waals surface area contributed by atoms with Gasteiger partial charge in [0.25, 0.3) is 0 Å². The molecule has 1 unspecified atom stereocenters. The molecule has 0 saturated heterocycles. The maximum absolute atomic E-state index is 6.29. The van der Waals surface area contributed by atoms with Gasteiger partial charge in [0.1, 0.15) is 0 Å². The minimum absolute atomic E-state index is 0.739. The summed E-state index contributed by atoms with van der Waals surface area (Å²) < 4.78 is 0. The van der Waals surface area contributed by atoms with Crippen LogP contribution in [0.4, 0.5) is 0 Å². The van der Waals surface area contributed by atoms with Gasteiger partial charge in [-0.1, -0.05) is 50.9 Å². The van der Waals surface area contributed by atoms with Gasteiger partial charge in [0.2, 0.25) is 0 Å². The highest BCUT2D eigenvalue weighted by Gasteiger charge is 2.09. The molecule has 0 bridgehead atoms. The van der Waals surface area contributed by atoms with Gasteiger partial charge in [-0.25, -0.2) is 0 Å². The Balaban J connectivity index is 2.72. The fraction of sp³-hybridized carbons (Fsp3) is 0.571. The van der Waals surface area contributed by atoms with Crippen molar-refractivity contribution in [1.29, 1.82) is 0 Å². The second-order valence-electron chi connectivity index (χ2n) is 4.33. The van der Waals surface area contributed by atoms with Crippen molar-refractivity contribution in [3.05, 3.63) is 28.8 Å². The van der Waals surface area contributed by atoms with Crippen molar-refractivity contribution in [3.8, 4) is 0 Å². The largest absolute Gasteiger partial charge is 0.313 e. The molecule has 96 valence electrons. The van der Waals surface area contributed by atoms with Crippen LogP contribution in [-0.2, 0) is 6.54 Å². The predicted molar refractivity (Wildman–Crippen MR) is 79.0 cm³/mol. The molecule has 1 aromatic carbocycles. The summed E-state index contributed by atoms with van der Waals surface area (Å²) in [6.45, 7) is 8.53. The van der Waals surface area contributed by atoms with E-state index in [1.54, 1.807) is 0 Å². The molecule has 0 spiro atoms. The number of thioether (sulfide) groups is 1. The first-order chi connectivity index (χ1) is 8.19. The first-order valence-corrected chi connectivity index (χ1v) is 7.66. The molecular weight excluding hydrogens is 250 g/mol. The van der Waals surface area contributed by atoms with Crippen LogP contribution >= 0.6 is 23.4 Å². The third-order valence-electron chi connectivity index (χ3n) is 2.82. The molecule has 0 heterocycles. The second kappa shape index (κ2) is 8.02. The van der Waals surface area contributed by atoms with E-state index in [0.717, 1.165) is 29.8 Å². The van der Waals surface area contributed by atoms with E-state index in [1.165, 1.54) is 16.9 Å². The van der Waals surface area contributed by atoms with Crippen LogP contribution in [0.2, 0.25) is 5.02 Å². The zero-order valence-corrected chi connectivity index (χ0v) is 12.5. The molecule has 1 atom stereocenters. The first-order valence-electron chi connectivity index (χ1n) is 6.29. The molecule has 1 aromatic rings. The van der Waals surface area contributed by atoms with Crippen LogP contribution in [0.1, 0.15) is 32.8 Å². The number of benzene rings is 1. The third kappa shape index (κ3) is 4.90. The molecule has 0 fully saturated rings. The van der Waals surface area contributed by atoms with Gasteiger partial charge < -0.3 is 5.32 Å². The molecule has 1 N–H and O–H groups in total. The van der Waals surface area contributed by atoms with E-state index >= 15 is 0 Å². The smallest absolute Gasteiger partial charge is 0.0545 e. The van der Waals surface area contributed by atoms with Crippen LogP contribution in [0.5, 0.6) is 0 Å². The minimum atomic E-state index is 0.739. The lowest BCUT2D eigenvalue weighted by Crippen LogP contribution is -2.12. The summed E-state index contributed by atoms with van der Waals surface area (Å²) >= 11 is 8.17. The quantitative estimate of drug-likeness (QED) is 0.728. The second-order valence-corrected chi connectivity index (χ2v) is 5.77. The maximum Gasteiger partial charge on any atom is 0.0545 e. The zero-order chi connectivity index (χ0) is 12.7. The van der Waals surface area contributed by atoms with Gasteiger partial charge in [-0.15, -0.1) is 11.8 Å². The lowest BCUT2D eigenvalue weighted by molar-refractivity contribution is 0.636. The molecule has 0 aromatic heterocycles. The van der Waals surface area contributed by atoms with E-state index in [1.807, 2.05) is 23.9 Å². The Labute approximate surface area is 114 Å². The van der Waals surface area contributed by atoms with E-state index in [4.69, 9.17) is 11.6 Å². The third-order valence-corrected chi connectivity index (χ3v) is 4.76. The van der Waals surface area contributed by atoms with Gasteiger partial charge in [0.15, 0.2) is 0 Å². The van der Waals surface area contributed by atoms with Crippen molar-refractivity contribution in [1.82, 2.24) is 5.32 Å². The molecule has 1 nitrogen and oxygen atoms in total. The van der Waals surface area contributed by atoms with E-state index < -0.39 is 0 Å². The lowest BCUT2D eigenvalue weighted by Gasteiger charge is -2.13. The zero-order valence-electron chi connectivity index (χ0n) is 10.9. The summed E-state index contributed by atoms with van der Waals surface area (Å²) in [6.07, 6.45) is 1.22. The van der Waals surface area contributed by atoms with Crippen molar-refractivity contribution < 1.29 is 0 Å². The molecule has 0 saturated carbocycles. The molecule has 0 aliphatic rings.